The van der Waals surface area contributed by atoms with Crippen molar-refractivity contribution in [2.24, 2.45) is 0 Å². The van der Waals surface area contributed by atoms with Gasteiger partial charge in [0.1, 0.15) is 11.2 Å². The molecule has 0 aliphatic heterocycles. The number of carbonyl (C=O) groups excluding carboxylic acids is 1. The van der Waals surface area contributed by atoms with Gasteiger partial charge in [-0.2, -0.15) is 13.2 Å². The molecular formula is C26H33F3N4O5S. The minimum Gasteiger partial charge on any atom is -0.493 e. The summed E-state index contributed by atoms with van der Waals surface area (Å²) < 4.78 is 65.7. The molecule has 2 rings (SSSR count). The number of nitrogens with one attached hydrogen (secondary N) is 1. The summed E-state index contributed by atoms with van der Waals surface area (Å²) in [5.74, 6) is -0.833. The highest BCUT2D eigenvalue weighted by Gasteiger charge is 2.29. The van der Waals surface area contributed by atoms with Gasteiger partial charge in [0.2, 0.25) is 5.88 Å². The van der Waals surface area contributed by atoms with E-state index in [1.54, 1.807) is 13.8 Å². The molecular weight excluding hydrogens is 537 g/mol. The number of aromatic nitrogens is 2. The molecule has 13 heteroatoms. The molecule has 0 saturated heterocycles. The molecule has 214 valence electrons. The molecule has 0 aliphatic carbocycles. The molecule has 0 fully saturated rings. The van der Waals surface area contributed by atoms with Crippen molar-refractivity contribution in [3.05, 3.63) is 60.6 Å². The second kappa shape index (κ2) is 13.1. The van der Waals surface area contributed by atoms with E-state index >= 15 is 0 Å². The lowest BCUT2D eigenvalue weighted by Gasteiger charge is -2.28. The van der Waals surface area contributed by atoms with Gasteiger partial charge in [-0.3, -0.25) is 9.52 Å². The predicted octanol–water partition coefficient (Wildman–Crippen LogP) is 4.35. The van der Waals surface area contributed by atoms with Gasteiger partial charge in [-0.15, -0.1) is 0 Å². The van der Waals surface area contributed by atoms with E-state index in [0.717, 1.165) is 6.33 Å². The highest BCUT2D eigenvalue weighted by Crippen LogP contribution is 2.27. The van der Waals surface area contributed by atoms with Crippen LogP contribution in [-0.4, -0.2) is 64.3 Å². The van der Waals surface area contributed by atoms with Crippen LogP contribution in [0.1, 0.15) is 46.5 Å². The number of allylic oxidation sites excluding steroid dienone is 2. The first-order valence-corrected chi connectivity index (χ1v) is 13.7. The van der Waals surface area contributed by atoms with Crippen LogP contribution in [0, 0.1) is 0 Å². The molecule has 39 heavy (non-hydrogen) atoms. The molecule has 1 aromatic carbocycles. The Morgan fingerprint density at radius 2 is 1.87 bits per heavy atom. The van der Waals surface area contributed by atoms with E-state index in [1.807, 2.05) is 0 Å². The van der Waals surface area contributed by atoms with Crippen LogP contribution in [0.25, 0.3) is 10.9 Å². The number of amides is 1. The number of hydrogen-bond donors (Lipinski definition) is 3. The number of rotatable bonds is 13. The van der Waals surface area contributed by atoms with Gasteiger partial charge in [-0.1, -0.05) is 18.7 Å². The lowest BCUT2D eigenvalue weighted by atomic mass is 9.94. The number of carbonyl (C=O) groups is 1. The molecule has 1 heterocycles. The third-order valence-corrected chi connectivity index (χ3v) is 7.38. The van der Waals surface area contributed by atoms with Gasteiger partial charge in [0, 0.05) is 30.8 Å². The number of sulfonamides is 1. The maximum Gasteiger partial charge on any atom is 0.389 e. The van der Waals surface area contributed by atoms with Crippen molar-refractivity contribution in [1.82, 2.24) is 19.6 Å². The standard InChI is InChI=1S/C26H33F3N4O5S/c1-5-19(32-39(37,38)21-10-7-9-20-22(21)30-17-31-23(20)34)12-11-18(3)24(35)33(6-2)16-15-25(4,36)13-8-14-26(27,28)29/h5,7,9-12,17,32,36H,3,6,8,13-16H2,1-2,4H3,(H,30,31,34)/b12-11-,19-5+. The number of hydrogen-bond acceptors (Lipinski definition) is 7. The molecule has 0 spiro atoms. The zero-order valence-electron chi connectivity index (χ0n) is 22.0. The Morgan fingerprint density at radius 1 is 1.18 bits per heavy atom. The van der Waals surface area contributed by atoms with E-state index in [-0.39, 0.29) is 65.3 Å². The average Bonchev–Trinajstić information content (AvgIpc) is 2.85. The third-order valence-electron chi connectivity index (χ3n) is 5.96. The number of fused-ring (bicyclic) bond motifs is 1. The number of aromatic hydroxyl groups is 1. The second-order valence-corrected chi connectivity index (χ2v) is 10.8. The fourth-order valence-electron chi connectivity index (χ4n) is 3.70. The molecule has 2 aromatic rings. The van der Waals surface area contributed by atoms with Crippen LogP contribution in [-0.2, 0) is 14.8 Å². The fraction of sp³-hybridized carbons (Fsp3) is 0.423. The Kier molecular flexibility index (Phi) is 10.6. The van der Waals surface area contributed by atoms with E-state index < -0.39 is 34.1 Å². The molecule has 1 amide bonds. The van der Waals surface area contributed by atoms with Crippen LogP contribution in [0.5, 0.6) is 5.88 Å². The van der Waals surface area contributed by atoms with Crippen LogP contribution >= 0.6 is 0 Å². The van der Waals surface area contributed by atoms with Crippen molar-refractivity contribution in [3.63, 3.8) is 0 Å². The molecule has 0 bridgehead atoms. The highest BCUT2D eigenvalue weighted by atomic mass is 32.2. The Labute approximate surface area is 225 Å². The summed E-state index contributed by atoms with van der Waals surface area (Å²) in [5, 5.41) is 20.5. The Morgan fingerprint density at radius 3 is 2.49 bits per heavy atom. The fourth-order valence-corrected chi connectivity index (χ4v) is 4.98. The van der Waals surface area contributed by atoms with Crippen molar-refractivity contribution in [3.8, 4) is 5.88 Å². The molecule has 1 unspecified atom stereocenters. The summed E-state index contributed by atoms with van der Waals surface area (Å²) >= 11 is 0. The smallest absolute Gasteiger partial charge is 0.389 e. The number of alkyl halides is 3. The van der Waals surface area contributed by atoms with Gasteiger partial charge in [-0.05, 0) is 64.3 Å². The van der Waals surface area contributed by atoms with Gasteiger partial charge in [0.05, 0.1) is 16.5 Å². The van der Waals surface area contributed by atoms with Crippen molar-refractivity contribution in [1.29, 1.82) is 0 Å². The summed E-state index contributed by atoms with van der Waals surface area (Å²) in [6.45, 7) is 8.84. The molecule has 3 N–H and O–H groups in total. The maximum absolute atomic E-state index is 13.1. The van der Waals surface area contributed by atoms with Gasteiger partial charge < -0.3 is 15.1 Å². The maximum atomic E-state index is 13.1. The van der Waals surface area contributed by atoms with Gasteiger partial charge in [0.15, 0.2) is 0 Å². The second-order valence-electron chi connectivity index (χ2n) is 9.16. The number of nitrogens with zero attached hydrogens (tertiary/aromatic N) is 3. The summed E-state index contributed by atoms with van der Waals surface area (Å²) in [5.41, 5.74) is -1.18. The number of halogens is 3. The van der Waals surface area contributed by atoms with Crippen LogP contribution in [0.4, 0.5) is 13.2 Å². The first kappa shape index (κ1) is 31.8. The van der Waals surface area contributed by atoms with E-state index in [4.69, 9.17) is 0 Å². The Balaban J connectivity index is 2.06. The van der Waals surface area contributed by atoms with Crippen molar-refractivity contribution < 1.29 is 36.6 Å². The van der Waals surface area contributed by atoms with Crippen molar-refractivity contribution in [2.45, 2.75) is 63.1 Å². The van der Waals surface area contributed by atoms with Crippen molar-refractivity contribution in [2.75, 3.05) is 13.1 Å². The third kappa shape index (κ3) is 9.36. The Hall–Kier alpha value is -3.45. The van der Waals surface area contributed by atoms with Gasteiger partial charge in [-0.25, -0.2) is 18.4 Å². The minimum atomic E-state index is -4.29. The van der Waals surface area contributed by atoms with Gasteiger partial charge in [0.25, 0.3) is 15.9 Å². The predicted molar refractivity (Wildman–Crippen MR) is 141 cm³/mol. The number of para-hydroxylation sites is 1. The first-order valence-electron chi connectivity index (χ1n) is 12.2. The zero-order chi connectivity index (χ0) is 29.4. The highest BCUT2D eigenvalue weighted by molar-refractivity contribution is 7.89. The summed E-state index contributed by atoms with van der Waals surface area (Å²) in [7, 11) is -4.14. The molecule has 9 nitrogen and oxygen atoms in total. The molecule has 0 aliphatic rings. The summed E-state index contributed by atoms with van der Waals surface area (Å²) in [4.78, 5) is 21.7. The number of likely N-dealkylation sites (N-methyl/N-ethyl adjacent to an activating group) is 1. The van der Waals surface area contributed by atoms with Crippen LogP contribution in [0.2, 0.25) is 0 Å². The topological polar surface area (TPSA) is 133 Å². The van der Waals surface area contributed by atoms with E-state index in [0.29, 0.717) is 0 Å². The summed E-state index contributed by atoms with van der Waals surface area (Å²) in [6.07, 6.45) is -0.285. The van der Waals surface area contributed by atoms with Crippen LogP contribution < -0.4 is 4.72 Å². The molecule has 1 aromatic heterocycles. The quantitative estimate of drug-likeness (QED) is 0.241. The monoisotopic (exact) mass is 570 g/mol. The van der Waals surface area contributed by atoms with Crippen LogP contribution in [0.3, 0.4) is 0 Å². The lowest BCUT2D eigenvalue weighted by Crippen LogP contribution is -2.37. The zero-order valence-corrected chi connectivity index (χ0v) is 22.8. The Bertz CT molecular complexity index is 1360. The summed E-state index contributed by atoms with van der Waals surface area (Å²) in [6, 6.07) is 4.25. The van der Waals surface area contributed by atoms with Gasteiger partial charge >= 0.3 is 6.18 Å². The van der Waals surface area contributed by atoms with E-state index in [1.165, 1.54) is 48.3 Å². The minimum absolute atomic E-state index is 0.0318. The average molecular weight is 571 g/mol. The van der Waals surface area contributed by atoms with E-state index in [9.17, 15) is 36.6 Å². The largest absolute Gasteiger partial charge is 0.493 e. The SMILES string of the molecule is C=C(/C=C\C(=C/C)NS(=O)(=O)c1cccc2c(O)ncnc12)C(=O)N(CC)CCC(C)(O)CCCC(F)(F)F. The number of benzene rings is 1. The molecule has 1 atom stereocenters. The van der Waals surface area contributed by atoms with Crippen LogP contribution in [0.15, 0.2) is 65.5 Å². The normalized spacial score (nSPS) is 14.4. The van der Waals surface area contributed by atoms with Crippen molar-refractivity contribution >= 4 is 26.8 Å². The van der Waals surface area contributed by atoms with E-state index in [2.05, 4.69) is 21.3 Å². The lowest BCUT2D eigenvalue weighted by molar-refractivity contribution is -0.137. The first-order chi connectivity index (χ1) is 18.1. The molecule has 0 radical (unpaired) electrons. The number of aliphatic hydroxyl groups is 1. The molecule has 0 saturated carbocycles.